The van der Waals surface area contributed by atoms with Crippen LogP contribution in [0.15, 0.2) is 64.1 Å². The first-order chi connectivity index (χ1) is 17.2. The van der Waals surface area contributed by atoms with Crippen molar-refractivity contribution in [2.75, 3.05) is 25.0 Å². The van der Waals surface area contributed by atoms with Gasteiger partial charge < -0.3 is 5.32 Å². The predicted octanol–water partition coefficient (Wildman–Crippen LogP) is 5.60. The number of nitrogens with zero attached hydrogens (tertiary/aromatic N) is 4. The van der Waals surface area contributed by atoms with Gasteiger partial charge >= 0.3 is 0 Å². The lowest BCUT2D eigenvalue weighted by atomic mass is 9.98. The van der Waals surface area contributed by atoms with Crippen LogP contribution in [0.3, 0.4) is 0 Å². The molecule has 1 aliphatic rings. The molecule has 1 fully saturated rings. The van der Waals surface area contributed by atoms with Crippen molar-refractivity contribution in [3.63, 3.8) is 0 Å². The monoisotopic (exact) mass is 595 g/mol. The number of aromatic nitrogens is 3. The molecule has 7 nitrogen and oxygen atoms in total. The van der Waals surface area contributed by atoms with Crippen LogP contribution >= 0.6 is 27.5 Å². The fourth-order valence-electron chi connectivity index (χ4n) is 4.30. The topological polar surface area (TPSA) is 79.6 Å². The largest absolute Gasteiger partial charge is 0.370 e. The average molecular weight is 597 g/mol. The smallest absolute Gasteiger partial charge is 0.243 e. The highest BCUT2D eigenvalue weighted by Gasteiger charge is 2.30. The Bertz CT molecular complexity index is 1520. The molecular weight excluding hydrogens is 576 g/mol. The van der Waals surface area contributed by atoms with Crippen LogP contribution < -0.4 is 5.32 Å². The second-order valence-corrected chi connectivity index (χ2v) is 11.8. The molecule has 0 aliphatic carbocycles. The van der Waals surface area contributed by atoms with E-state index in [1.165, 1.54) is 4.31 Å². The lowest BCUT2D eigenvalue weighted by molar-refractivity contribution is 0.282. The lowest BCUT2D eigenvalue weighted by Gasteiger charge is -2.31. The Morgan fingerprint density at radius 2 is 1.78 bits per heavy atom. The summed E-state index contributed by atoms with van der Waals surface area (Å²) in [4.78, 5) is 4.33. The maximum absolute atomic E-state index is 13.6. The van der Waals surface area contributed by atoms with E-state index in [2.05, 4.69) is 26.3 Å². The zero-order valence-electron chi connectivity index (χ0n) is 18.8. The van der Waals surface area contributed by atoms with Crippen molar-refractivity contribution in [3.05, 3.63) is 75.9 Å². The van der Waals surface area contributed by atoms with E-state index in [0.717, 1.165) is 28.0 Å². The summed E-state index contributed by atoms with van der Waals surface area (Å²) >= 11 is 9.89. The SMILES string of the molecule is O=S(=O)(c1cc(F)cc(F)c1)N1CCC(CNc2cc(-c3ccccc3Cl)nc3c(Br)cnn23)CC1. The maximum Gasteiger partial charge on any atom is 0.243 e. The Balaban J connectivity index is 1.30. The van der Waals surface area contributed by atoms with Gasteiger partial charge in [-0.05, 0) is 52.9 Å². The van der Waals surface area contributed by atoms with E-state index in [1.807, 2.05) is 24.3 Å². The van der Waals surface area contributed by atoms with E-state index in [4.69, 9.17) is 16.6 Å². The Morgan fingerprint density at radius 3 is 2.47 bits per heavy atom. The molecule has 36 heavy (non-hydrogen) atoms. The van der Waals surface area contributed by atoms with Gasteiger partial charge in [0.2, 0.25) is 10.0 Å². The standard InChI is InChI=1S/C24H21BrClF2N5O2S/c25-20-14-30-33-23(12-22(31-24(20)33)19-3-1-2-4-21(19)26)29-13-15-5-7-32(8-6-15)36(34,35)18-10-16(27)9-17(28)11-18/h1-4,9-12,14-15,29H,5-8,13H2. The molecule has 0 spiro atoms. The third-order valence-electron chi connectivity index (χ3n) is 6.20. The van der Waals surface area contributed by atoms with E-state index in [9.17, 15) is 17.2 Å². The van der Waals surface area contributed by atoms with Crippen LogP contribution in [-0.2, 0) is 10.0 Å². The van der Waals surface area contributed by atoms with Gasteiger partial charge in [-0.15, -0.1) is 0 Å². The molecule has 0 amide bonds. The molecule has 12 heteroatoms. The summed E-state index contributed by atoms with van der Waals surface area (Å²) in [6.45, 7) is 1.11. The quantitative estimate of drug-likeness (QED) is 0.313. The van der Waals surface area contributed by atoms with Gasteiger partial charge in [-0.25, -0.2) is 22.2 Å². The van der Waals surface area contributed by atoms with Crippen molar-refractivity contribution in [1.29, 1.82) is 0 Å². The van der Waals surface area contributed by atoms with Gasteiger partial charge in [-0.2, -0.15) is 13.9 Å². The van der Waals surface area contributed by atoms with Gasteiger partial charge in [0.1, 0.15) is 17.5 Å². The first-order valence-electron chi connectivity index (χ1n) is 11.2. The Labute approximate surface area is 220 Å². The van der Waals surface area contributed by atoms with Gasteiger partial charge in [0.15, 0.2) is 5.65 Å². The molecule has 1 aliphatic heterocycles. The van der Waals surface area contributed by atoms with Gasteiger partial charge in [0.05, 0.1) is 21.3 Å². The third kappa shape index (κ3) is 4.97. The summed E-state index contributed by atoms with van der Waals surface area (Å²) in [6, 6.07) is 11.7. The number of nitrogens with one attached hydrogen (secondary N) is 1. The minimum Gasteiger partial charge on any atom is -0.370 e. The van der Waals surface area contributed by atoms with E-state index >= 15 is 0 Å². The van der Waals surface area contributed by atoms with Crippen LogP contribution in [0.4, 0.5) is 14.6 Å². The summed E-state index contributed by atoms with van der Waals surface area (Å²) in [5, 5.41) is 8.41. The zero-order valence-corrected chi connectivity index (χ0v) is 22.0. The van der Waals surface area contributed by atoms with Crippen molar-refractivity contribution in [2.24, 2.45) is 5.92 Å². The number of sulfonamides is 1. The molecule has 2 aromatic heterocycles. The highest BCUT2D eigenvalue weighted by molar-refractivity contribution is 9.10. The first-order valence-corrected chi connectivity index (χ1v) is 13.8. The molecule has 1 saturated heterocycles. The minimum atomic E-state index is -3.97. The second kappa shape index (κ2) is 10.0. The number of hydrogen-bond donors (Lipinski definition) is 1. The molecular formula is C24H21BrClF2N5O2S. The summed E-state index contributed by atoms with van der Waals surface area (Å²) < 4.78 is 56.6. The van der Waals surface area contributed by atoms with Gasteiger partial charge in [-0.3, -0.25) is 0 Å². The summed E-state index contributed by atoms with van der Waals surface area (Å²) in [5.74, 6) is -0.923. The number of anilines is 1. The minimum absolute atomic E-state index is 0.187. The summed E-state index contributed by atoms with van der Waals surface area (Å²) in [5.41, 5.74) is 2.13. The lowest BCUT2D eigenvalue weighted by Crippen LogP contribution is -2.40. The van der Waals surface area contributed by atoms with Crippen LogP contribution in [0.5, 0.6) is 0 Å². The van der Waals surface area contributed by atoms with E-state index < -0.39 is 21.7 Å². The van der Waals surface area contributed by atoms with Crippen molar-refractivity contribution in [2.45, 2.75) is 17.7 Å². The zero-order chi connectivity index (χ0) is 25.4. The summed E-state index contributed by atoms with van der Waals surface area (Å²) in [7, 11) is -3.97. The maximum atomic E-state index is 13.6. The number of fused-ring (bicyclic) bond motifs is 1. The molecule has 4 aromatic rings. The molecule has 0 saturated carbocycles. The highest BCUT2D eigenvalue weighted by atomic mass is 79.9. The fraction of sp³-hybridized carbons (Fsp3) is 0.250. The van der Waals surface area contributed by atoms with E-state index in [0.29, 0.717) is 41.8 Å². The summed E-state index contributed by atoms with van der Waals surface area (Å²) in [6.07, 6.45) is 2.86. The Hall–Kier alpha value is -2.60. The van der Waals surface area contributed by atoms with Gasteiger partial charge in [0, 0.05) is 42.4 Å². The molecule has 0 atom stereocenters. The molecule has 0 radical (unpaired) electrons. The van der Waals surface area contributed by atoms with Crippen molar-refractivity contribution < 1.29 is 17.2 Å². The van der Waals surface area contributed by atoms with Crippen molar-refractivity contribution >= 4 is 49.0 Å². The number of halogens is 4. The van der Waals surface area contributed by atoms with Crippen LogP contribution in [0, 0.1) is 17.6 Å². The van der Waals surface area contributed by atoms with Crippen LogP contribution in [-0.4, -0.2) is 47.0 Å². The number of benzene rings is 2. The Kier molecular flexibility index (Phi) is 6.99. The number of rotatable bonds is 6. The predicted molar refractivity (Wildman–Crippen MR) is 137 cm³/mol. The van der Waals surface area contributed by atoms with Crippen LogP contribution in [0.25, 0.3) is 16.9 Å². The second-order valence-electron chi connectivity index (χ2n) is 8.57. The number of piperidine rings is 1. The van der Waals surface area contributed by atoms with E-state index in [1.54, 1.807) is 16.8 Å². The molecule has 0 unspecified atom stereocenters. The fourth-order valence-corrected chi connectivity index (χ4v) is 6.39. The number of hydrogen-bond acceptors (Lipinski definition) is 5. The van der Waals surface area contributed by atoms with Crippen molar-refractivity contribution in [1.82, 2.24) is 18.9 Å². The van der Waals surface area contributed by atoms with Gasteiger partial charge in [0.25, 0.3) is 0 Å². The Morgan fingerprint density at radius 1 is 1.08 bits per heavy atom. The molecule has 2 aromatic carbocycles. The molecule has 1 N–H and O–H groups in total. The molecule has 188 valence electrons. The van der Waals surface area contributed by atoms with Crippen LogP contribution in [0.1, 0.15) is 12.8 Å². The van der Waals surface area contributed by atoms with Crippen molar-refractivity contribution in [3.8, 4) is 11.3 Å². The highest BCUT2D eigenvalue weighted by Crippen LogP contribution is 2.31. The first kappa shape index (κ1) is 25.1. The van der Waals surface area contributed by atoms with Gasteiger partial charge in [-0.1, -0.05) is 29.8 Å². The molecule has 0 bridgehead atoms. The molecule has 5 rings (SSSR count). The van der Waals surface area contributed by atoms with E-state index in [-0.39, 0.29) is 23.9 Å². The normalized spacial score (nSPS) is 15.4. The molecule has 3 heterocycles. The van der Waals surface area contributed by atoms with Crippen LogP contribution in [0.2, 0.25) is 5.02 Å². The average Bonchev–Trinajstić information content (AvgIpc) is 3.23. The third-order valence-corrected chi connectivity index (χ3v) is 8.96.